The highest BCUT2D eigenvalue weighted by Crippen LogP contribution is 2.21. The molecule has 0 atom stereocenters. The van der Waals surface area contributed by atoms with Crippen molar-refractivity contribution in [1.29, 1.82) is 0 Å². The zero-order chi connectivity index (χ0) is 12.5. The molecule has 0 spiro atoms. The van der Waals surface area contributed by atoms with Gasteiger partial charge in [-0.2, -0.15) is 0 Å². The number of aromatic amines is 1. The van der Waals surface area contributed by atoms with Gasteiger partial charge in [0.05, 0.1) is 6.42 Å². The van der Waals surface area contributed by atoms with Crippen molar-refractivity contribution in [1.82, 2.24) is 9.88 Å². The molecule has 1 fully saturated rings. The number of halogens is 1. The molecule has 3 rings (SSSR count). The Kier molecular flexibility index (Phi) is 2.78. The third-order valence-corrected chi connectivity index (χ3v) is 3.53. The number of benzene rings is 1. The molecule has 0 radical (unpaired) electrons. The first-order valence-corrected chi connectivity index (χ1v) is 6.27. The molecule has 1 aromatic heterocycles. The summed E-state index contributed by atoms with van der Waals surface area (Å²) < 4.78 is 13.2. The molecule has 0 bridgehead atoms. The van der Waals surface area contributed by atoms with E-state index in [0.717, 1.165) is 42.4 Å². The van der Waals surface area contributed by atoms with Crippen molar-refractivity contribution in [2.24, 2.45) is 0 Å². The second kappa shape index (κ2) is 4.44. The summed E-state index contributed by atoms with van der Waals surface area (Å²) in [4.78, 5) is 17.0. The van der Waals surface area contributed by atoms with Crippen LogP contribution in [0.4, 0.5) is 4.39 Å². The fourth-order valence-corrected chi connectivity index (χ4v) is 2.54. The number of nitrogens with one attached hydrogen (secondary N) is 1. The molecule has 1 amide bonds. The third kappa shape index (κ3) is 1.98. The molecule has 0 saturated carbocycles. The summed E-state index contributed by atoms with van der Waals surface area (Å²) in [5.41, 5.74) is 1.75. The van der Waals surface area contributed by atoms with Crippen LogP contribution in [-0.2, 0) is 11.2 Å². The highest BCUT2D eigenvalue weighted by atomic mass is 19.1. The molecule has 0 aliphatic carbocycles. The lowest BCUT2D eigenvalue weighted by atomic mass is 10.1. The highest BCUT2D eigenvalue weighted by Gasteiger charge is 2.19. The van der Waals surface area contributed by atoms with Crippen LogP contribution in [0.15, 0.2) is 24.4 Å². The Labute approximate surface area is 105 Å². The van der Waals surface area contributed by atoms with Crippen molar-refractivity contribution in [2.45, 2.75) is 19.3 Å². The van der Waals surface area contributed by atoms with Gasteiger partial charge in [0.15, 0.2) is 0 Å². The Bertz CT molecular complexity index is 584. The van der Waals surface area contributed by atoms with Crippen LogP contribution in [0.1, 0.15) is 18.4 Å². The molecule has 4 heteroatoms. The van der Waals surface area contributed by atoms with E-state index < -0.39 is 0 Å². The zero-order valence-corrected chi connectivity index (χ0v) is 10.1. The lowest BCUT2D eigenvalue weighted by Crippen LogP contribution is -2.28. The van der Waals surface area contributed by atoms with E-state index in [1.807, 2.05) is 4.90 Å². The van der Waals surface area contributed by atoms with E-state index in [2.05, 4.69) is 4.98 Å². The number of rotatable bonds is 2. The van der Waals surface area contributed by atoms with Gasteiger partial charge in [-0.25, -0.2) is 4.39 Å². The van der Waals surface area contributed by atoms with Crippen LogP contribution >= 0.6 is 0 Å². The summed E-state index contributed by atoms with van der Waals surface area (Å²) in [6, 6.07) is 4.61. The van der Waals surface area contributed by atoms with E-state index in [1.54, 1.807) is 12.3 Å². The van der Waals surface area contributed by atoms with Crippen LogP contribution in [0.2, 0.25) is 0 Å². The van der Waals surface area contributed by atoms with Gasteiger partial charge in [0.1, 0.15) is 5.82 Å². The predicted octanol–water partition coefficient (Wildman–Crippen LogP) is 2.47. The van der Waals surface area contributed by atoms with Gasteiger partial charge < -0.3 is 9.88 Å². The standard InChI is InChI=1S/C14H15FN2O/c15-11-3-4-13-12(8-11)10(9-16-13)7-14(18)17-5-1-2-6-17/h3-4,8-9,16H,1-2,5-7H2. The summed E-state index contributed by atoms with van der Waals surface area (Å²) in [7, 11) is 0. The molecule has 94 valence electrons. The van der Waals surface area contributed by atoms with Gasteiger partial charge in [-0.15, -0.1) is 0 Å². The summed E-state index contributed by atoms with van der Waals surface area (Å²) >= 11 is 0. The smallest absolute Gasteiger partial charge is 0.227 e. The van der Waals surface area contributed by atoms with Crippen LogP contribution in [0, 0.1) is 5.82 Å². The lowest BCUT2D eigenvalue weighted by Gasteiger charge is -2.14. The molecule has 1 aromatic carbocycles. The van der Waals surface area contributed by atoms with E-state index in [0.29, 0.717) is 6.42 Å². The van der Waals surface area contributed by atoms with E-state index >= 15 is 0 Å². The van der Waals surface area contributed by atoms with Gasteiger partial charge in [0.25, 0.3) is 0 Å². The van der Waals surface area contributed by atoms with Crippen LogP contribution in [0.25, 0.3) is 10.9 Å². The first-order valence-electron chi connectivity index (χ1n) is 6.27. The maximum Gasteiger partial charge on any atom is 0.227 e. The molecule has 1 saturated heterocycles. The van der Waals surface area contributed by atoms with Gasteiger partial charge in [0.2, 0.25) is 5.91 Å². The molecule has 1 aliphatic rings. The molecule has 18 heavy (non-hydrogen) atoms. The molecule has 0 unspecified atom stereocenters. The second-order valence-electron chi connectivity index (χ2n) is 4.77. The average molecular weight is 246 g/mol. The minimum absolute atomic E-state index is 0.137. The minimum Gasteiger partial charge on any atom is -0.361 e. The first kappa shape index (κ1) is 11.3. The Morgan fingerprint density at radius 2 is 2.11 bits per heavy atom. The average Bonchev–Trinajstić information content (AvgIpc) is 2.99. The van der Waals surface area contributed by atoms with Gasteiger partial charge in [-0.05, 0) is 36.6 Å². The van der Waals surface area contributed by atoms with Gasteiger partial charge >= 0.3 is 0 Å². The van der Waals surface area contributed by atoms with Crippen molar-refractivity contribution in [3.05, 3.63) is 35.8 Å². The third-order valence-electron chi connectivity index (χ3n) is 3.53. The fourth-order valence-electron chi connectivity index (χ4n) is 2.54. The molecule has 2 aromatic rings. The number of nitrogens with zero attached hydrogens (tertiary/aromatic N) is 1. The Hall–Kier alpha value is -1.84. The molecular formula is C14H15FN2O. The van der Waals surface area contributed by atoms with E-state index in [4.69, 9.17) is 0 Å². The van der Waals surface area contributed by atoms with Crippen LogP contribution in [0.3, 0.4) is 0 Å². The van der Waals surface area contributed by atoms with E-state index in [-0.39, 0.29) is 11.7 Å². The number of likely N-dealkylation sites (tertiary alicyclic amines) is 1. The largest absolute Gasteiger partial charge is 0.361 e. The normalized spacial score (nSPS) is 15.5. The van der Waals surface area contributed by atoms with Gasteiger partial charge in [0, 0.05) is 30.2 Å². The van der Waals surface area contributed by atoms with Crippen molar-refractivity contribution in [3.63, 3.8) is 0 Å². The van der Waals surface area contributed by atoms with Crippen LogP contribution in [0.5, 0.6) is 0 Å². The first-order chi connectivity index (χ1) is 8.74. The molecule has 1 N–H and O–H groups in total. The molecule has 1 aliphatic heterocycles. The number of H-pyrrole nitrogens is 1. The summed E-state index contributed by atoms with van der Waals surface area (Å²) in [5.74, 6) is -0.130. The van der Waals surface area contributed by atoms with Crippen molar-refractivity contribution < 1.29 is 9.18 Å². The van der Waals surface area contributed by atoms with Crippen molar-refractivity contribution in [3.8, 4) is 0 Å². The molecule has 2 heterocycles. The Balaban J connectivity index is 1.85. The lowest BCUT2D eigenvalue weighted by molar-refractivity contribution is -0.129. The Morgan fingerprint density at radius 3 is 2.89 bits per heavy atom. The van der Waals surface area contributed by atoms with Crippen molar-refractivity contribution in [2.75, 3.05) is 13.1 Å². The number of aromatic nitrogens is 1. The number of fused-ring (bicyclic) bond motifs is 1. The topological polar surface area (TPSA) is 36.1 Å². The monoisotopic (exact) mass is 246 g/mol. The summed E-state index contributed by atoms with van der Waals surface area (Å²) in [6.45, 7) is 1.71. The number of hydrogen-bond acceptors (Lipinski definition) is 1. The second-order valence-corrected chi connectivity index (χ2v) is 4.77. The maximum atomic E-state index is 13.2. The van der Waals surface area contributed by atoms with Crippen LogP contribution in [-0.4, -0.2) is 28.9 Å². The minimum atomic E-state index is -0.267. The number of carbonyl (C=O) groups excluding carboxylic acids is 1. The summed E-state index contributed by atoms with van der Waals surface area (Å²) in [5, 5.41) is 0.808. The Morgan fingerprint density at radius 1 is 1.33 bits per heavy atom. The SMILES string of the molecule is O=C(Cc1c[nH]c2ccc(F)cc12)N1CCCC1. The molecular weight excluding hydrogens is 231 g/mol. The molecule has 3 nitrogen and oxygen atoms in total. The highest BCUT2D eigenvalue weighted by molar-refractivity contribution is 5.89. The number of hydrogen-bond donors (Lipinski definition) is 1. The number of amides is 1. The number of carbonyl (C=O) groups is 1. The van der Waals surface area contributed by atoms with Crippen LogP contribution < -0.4 is 0 Å². The fraction of sp³-hybridized carbons (Fsp3) is 0.357. The predicted molar refractivity (Wildman–Crippen MR) is 67.8 cm³/mol. The maximum absolute atomic E-state index is 13.2. The van der Waals surface area contributed by atoms with Gasteiger partial charge in [-0.1, -0.05) is 0 Å². The summed E-state index contributed by atoms with van der Waals surface area (Å²) in [6.07, 6.45) is 4.34. The van der Waals surface area contributed by atoms with E-state index in [9.17, 15) is 9.18 Å². The van der Waals surface area contributed by atoms with Gasteiger partial charge in [-0.3, -0.25) is 4.79 Å². The zero-order valence-electron chi connectivity index (χ0n) is 10.1. The van der Waals surface area contributed by atoms with E-state index in [1.165, 1.54) is 12.1 Å². The van der Waals surface area contributed by atoms with Crippen molar-refractivity contribution >= 4 is 16.8 Å². The quantitative estimate of drug-likeness (QED) is 0.868.